The highest BCUT2D eigenvalue weighted by Crippen LogP contribution is 2.25. The van der Waals surface area contributed by atoms with E-state index >= 15 is 0 Å². The first kappa shape index (κ1) is 19.8. The number of hydrogen-bond donors (Lipinski definition) is 2. The van der Waals surface area contributed by atoms with Gasteiger partial charge in [0.15, 0.2) is 0 Å². The van der Waals surface area contributed by atoms with Gasteiger partial charge in [0.25, 0.3) is 5.91 Å². The van der Waals surface area contributed by atoms with Gasteiger partial charge in [0, 0.05) is 30.4 Å². The number of likely N-dealkylation sites (tertiary alicyclic amines) is 1. The zero-order valence-electron chi connectivity index (χ0n) is 16.6. The van der Waals surface area contributed by atoms with Crippen LogP contribution in [0.5, 0.6) is 0 Å². The van der Waals surface area contributed by atoms with E-state index in [2.05, 4.69) is 44.4 Å². The van der Waals surface area contributed by atoms with E-state index in [1.165, 1.54) is 6.42 Å². The molecule has 25 heavy (non-hydrogen) atoms. The molecule has 0 radical (unpaired) electrons. The van der Waals surface area contributed by atoms with Crippen molar-refractivity contribution >= 4 is 11.6 Å². The Hall–Kier alpha value is -1.55. The molecule has 1 aliphatic heterocycles. The Bertz CT molecular complexity index is 562. The summed E-state index contributed by atoms with van der Waals surface area (Å²) in [5.41, 5.74) is 2.99. The molecule has 140 valence electrons. The summed E-state index contributed by atoms with van der Waals surface area (Å²) in [7, 11) is 2.00. The van der Waals surface area contributed by atoms with Gasteiger partial charge in [-0.3, -0.25) is 4.79 Å². The standard InChI is InChI=1S/C21H35N3O/c1-15(2)17(4)23-20-8-6-7-19(16(20)3)21(25)24-13-10-18(11-14-24)9-12-22-5/h6-8,15,17-18,22-23H,9-14H2,1-5H3. The first-order chi connectivity index (χ1) is 11.9. The summed E-state index contributed by atoms with van der Waals surface area (Å²) < 4.78 is 0. The topological polar surface area (TPSA) is 44.4 Å². The minimum atomic E-state index is 0.186. The molecule has 2 N–H and O–H groups in total. The minimum Gasteiger partial charge on any atom is -0.382 e. The van der Waals surface area contributed by atoms with Crippen molar-refractivity contribution in [3.63, 3.8) is 0 Å². The summed E-state index contributed by atoms with van der Waals surface area (Å²) in [5.74, 6) is 1.48. The van der Waals surface area contributed by atoms with Crippen molar-refractivity contribution in [1.82, 2.24) is 10.2 Å². The minimum absolute atomic E-state index is 0.186. The van der Waals surface area contributed by atoms with Gasteiger partial charge in [0.05, 0.1) is 0 Å². The van der Waals surface area contributed by atoms with Gasteiger partial charge in [-0.2, -0.15) is 0 Å². The monoisotopic (exact) mass is 345 g/mol. The van der Waals surface area contributed by atoms with Gasteiger partial charge in [-0.15, -0.1) is 0 Å². The Morgan fingerprint density at radius 1 is 1.24 bits per heavy atom. The highest BCUT2D eigenvalue weighted by molar-refractivity contribution is 5.97. The maximum absolute atomic E-state index is 13.0. The number of hydrogen-bond acceptors (Lipinski definition) is 3. The lowest BCUT2D eigenvalue weighted by Gasteiger charge is -2.32. The molecule has 0 saturated carbocycles. The van der Waals surface area contributed by atoms with Crippen molar-refractivity contribution in [1.29, 1.82) is 0 Å². The molecule has 0 bridgehead atoms. The van der Waals surface area contributed by atoms with E-state index in [0.29, 0.717) is 12.0 Å². The molecule has 1 amide bonds. The number of piperidine rings is 1. The fraction of sp³-hybridized carbons (Fsp3) is 0.667. The van der Waals surface area contributed by atoms with Crippen molar-refractivity contribution < 1.29 is 4.79 Å². The predicted octanol–water partition coefficient (Wildman–Crippen LogP) is 3.91. The maximum atomic E-state index is 13.0. The second-order valence-electron chi connectivity index (χ2n) is 7.78. The number of anilines is 1. The van der Waals surface area contributed by atoms with E-state index in [4.69, 9.17) is 0 Å². The third-order valence-corrected chi connectivity index (χ3v) is 5.65. The highest BCUT2D eigenvalue weighted by Gasteiger charge is 2.25. The average molecular weight is 346 g/mol. The lowest BCUT2D eigenvalue weighted by molar-refractivity contribution is 0.0686. The van der Waals surface area contributed by atoms with Crippen molar-refractivity contribution in [3.05, 3.63) is 29.3 Å². The van der Waals surface area contributed by atoms with Crippen molar-refractivity contribution in [2.24, 2.45) is 11.8 Å². The first-order valence-electron chi connectivity index (χ1n) is 9.74. The number of nitrogens with zero attached hydrogens (tertiary/aromatic N) is 1. The second-order valence-corrected chi connectivity index (χ2v) is 7.78. The van der Waals surface area contributed by atoms with Crippen LogP contribution in [0, 0.1) is 18.8 Å². The summed E-state index contributed by atoms with van der Waals surface area (Å²) in [4.78, 5) is 15.0. The first-order valence-corrected chi connectivity index (χ1v) is 9.74. The van der Waals surface area contributed by atoms with Crippen LogP contribution in [0.1, 0.15) is 56.0 Å². The molecule has 1 heterocycles. The molecule has 1 fully saturated rings. The van der Waals surface area contributed by atoms with Gasteiger partial charge >= 0.3 is 0 Å². The van der Waals surface area contributed by atoms with Gasteiger partial charge in [-0.05, 0) is 76.2 Å². The molecule has 0 spiro atoms. The van der Waals surface area contributed by atoms with Crippen LogP contribution in [0.25, 0.3) is 0 Å². The van der Waals surface area contributed by atoms with Crippen molar-refractivity contribution in [2.45, 2.75) is 53.0 Å². The second kappa shape index (κ2) is 9.23. The Balaban J connectivity index is 2.03. The van der Waals surface area contributed by atoms with Gasteiger partial charge < -0.3 is 15.5 Å². The number of nitrogens with one attached hydrogen (secondary N) is 2. The van der Waals surface area contributed by atoms with Crippen LogP contribution in [-0.4, -0.2) is 43.5 Å². The quantitative estimate of drug-likeness (QED) is 0.787. The number of carbonyl (C=O) groups excluding carboxylic acids is 1. The SMILES string of the molecule is CNCCC1CCN(C(=O)c2cccc(NC(C)C(C)C)c2C)CC1. The molecule has 0 aromatic heterocycles. The van der Waals surface area contributed by atoms with E-state index in [9.17, 15) is 4.79 Å². The van der Waals surface area contributed by atoms with Crippen LogP contribution in [0.2, 0.25) is 0 Å². The van der Waals surface area contributed by atoms with Crippen LogP contribution in [0.3, 0.4) is 0 Å². The van der Waals surface area contributed by atoms with E-state index in [0.717, 1.165) is 55.2 Å². The summed E-state index contributed by atoms with van der Waals surface area (Å²) in [6, 6.07) is 6.42. The van der Waals surface area contributed by atoms with Crippen LogP contribution < -0.4 is 10.6 Å². The van der Waals surface area contributed by atoms with Crippen LogP contribution in [0.15, 0.2) is 18.2 Å². The normalized spacial score (nSPS) is 17.0. The zero-order chi connectivity index (χ0) is 18.4. The third kappa shape index (κ3) is 5.21. The Labute approximate surface area is 153 Å². The molecule has 1 atom stereocenters. The molecule has 1 unspecified atom stereocenters. The molecule has 4 nitrogen and oxygen atoms in total. The molecular weight excluding hydrogens is 310 g/mol. The highest BCUT2D eigenvalue weighted by atomic mass is 16.2. The molecule has 1 saturated heterocycles. The van der Waals surface area contributed by atoms with Crippen LogP contribution in [-0.2, 0) is 0 Å². The zero-order valence-corrected chi connectivity index (χ0v) is 16.6. The molecule has 1 aliphatic rings. The van der Waals surface area contributed by atoms with Gasteiger partial charge in [-0.1, -0.05) is 19.9 Å². The largest absolute Gasteiger partial charge is 0.382 e. The van der Waals surface area contributed by atoms with E-state index in [1.807, 2.05) is 24.1 Å². The molecule has 4 heteroatoms. The number of amides is 1. The molecule has 1 aromatic carbocycles. The fourth-order valence-electron chi connectivity index (χ4n) is 3.38. The third-order valence-electron chi connectivity index (χ3n) is 5.65. The summed E-state index contributed by atoms with van der Waals surface area (Å²) in [5, 5.41) is 6.78. The number of benzene rings is 1. The number of carbonyl (C=O) groups is 1. The summed E-state index contributed by atoms with van der Waals surface area (Å²) in [6.45, 7) is 11.5. The maximum Gasteiger partial charge on any atom is 0.254 e. The van der Waals surface area contributed by atoms with E-state index in [1.54, 1.807) is 0 Å². The summed E-state index contributed by atoms with van der Waals surface area (Å²) >= 11 is 0. The van der Waals surface area contributed by atoms with E-state index in [-0.39, 0.29) is 5.91 Å². The Morgan fingerprint density at radius 3 is 2.52 bits per heavy atom. The molecule has 1 aromatic rings. The lowest BCUT2D eigenvalue weighted by atomic mass is 9.93. The van der Waals surface area contributed by atoms with Gasteiger partial charge in [-0.25, -0.2) is 0 Å². The fourth-order valence-corrected chi connectivity index (χ4v) is 3.38. The van der Waals surface area contributed by atoms with E-state index < -0.39 is 0 Å². The van der Waals surface area contributed by atoms with Crippen LogP contribution in [0.4, 0.5) is 5.69 Å². The van der Waals surface area contributed by atoms with Gasteiger partial charge in [0.2, 0.25) is 0 Å². The molecular formula is C21H35N3O. The Morgan fingerprint density at radius 2 is 1.92 bits per heavy atom. The Kier molecular flexibility index (Phi) is 7.30. The molecule has 0 aliphatic carbocycles. The van der Waals surface area contributed by atoms with Crippen molar-refractivity contribution in [3.8, 4) is 0 Å². The van der Waals surface area contributed by atoms with Gasteiger partial charge in [0.1, 0.15) is 0 Å². The summed E-state index contributed by atoms with van der Waals surface area (Å²) in [6.07, 6.45) is 3.45. The average Bonchev–Trinajstić information content (AvgIpc) is 2.61. The number of rotatable bonds is 7. The van der Waals surface area contributed by atoms with Crippen molar-refractivity contribution in [2.75, 3.05) is 32.0 Å². The predicted molar refractivity (Wildman–Crippen MR) is 106 cm³/mol. The van der Waals surface area contributed by atoms with Crippen LogP contribution >= 0.6 is 0 Å². The molecule has 2 rings (SSSR count). The lowest BCUT2D eigenvalue weighted by Crippen LogP contribution is -2.39. The smallest absolute Gasteiger partial charge is 0.254 e.